The number of hydrogen-bond acceptors (Lipinski definition) is 4. The van der Waals surface area contributed by atoms with E-state index in [1.165, 1.54) is 5.69 Å². The highest BCUT2D eigenvalue weighted by Gasteiger charge is 2.24. The number of nitrogens with zero attached hydrogens (tertiary/aromatic N) is 2. The molecule has 2 aliphatic rings. The van der Waals surface area contributed by atoms with Gasteiger partial charge >= 0.3 is 0 Å². The van der Waals surface area contributed by atoms with Gasteiger partial charge in [0.15, 0.2) is 0 Å². The maximum Gasteiger partial charge on any atom is 0.224 e. The van der Waals surface area contributed by atoms with Gasteiger partial charge in [0.1, 0.15) is 0 Å². The van der Waals surface area contributed by atoms with Crippen LogP contribution in [0.4, 0.5) is 5.69 Å². The van der Waals surface area contributed by atoms with Crippen molar-refractivity contribution in [3.8, 4) is 0 Å². The summed E-state index contributed by atoms with van der Waals surface area (Å²) in [5.74, 6) is 0.373. The highest BCUT2D eigenvalue weighted by Crippen LogP contribution is 2.16. The second-order valence-corrected chi connectivity index (χ2v) is 7.00. The van der Waals surface area contributed by atoms with Crippen LogP contribution in [0.5, 0.6) is 0 Å². The average Bonchev–Trinajstić information content (AvgIpc) is 2.67. The minimum atomic E-state index is 0.154. The molecule has 2 saturated heterocycles. The minimum absolute atomic E-state index is 0.154. The Kier molecular flexibility index (Phi) is 6.10. The maximum atomic E-state index is 12.2. The number of para-hydroxylation sites is 1. The van der Waals surface area contributed by atoms with E-state index < -0.39 is 0 Å². The van der Waals surface area contributed by atoms with E-state index in [0.717, 1.165) is 58.7 Å². The molecule has 2 atom stereocenters. The van der Waals surface area contributed by atoms with Crippen molar-refractivity contribution < 1.29 is 4.79 Å². The van der Waals surface area contributed by atoms with Crippen LogP contribution in [0, 0.1) is 5.92 Å². The van der Waals surface area contributed by atoms with E-state index in [-0.39, 0.29) is 11.8 Å². The van der Waals surface area contributed by atoms with Crippen molar-refractivity contribution in [1.82, 2.24) is 15.5 Å². The number of carbonyl (C=O) groups excluding carboxylic acids is 1. The molecule has 132 valence electrons. The fraction of sp³-hybridized carbons (Fsp3) is 0.632. The predicted molar refractivity (Wildman–Crippen MR) is 98.3 cm³/mol. The third-order valence-corrected chi connectivity index (χ3v) is 5.30. The molecule has 2 fully saturated rings. The largest absolute Gasteiger partial charge is 0.369 e. The van der Waals surface area contributed by atoms with Crippen molar-refractivity contribution in [3.63, 3.8) is 0 Å². The monoisotopic (exact) mass is 330 g/mol. The van der Waals surface area contributed by atoms with Gasteiger partial charge < -0.3 is 15.5 Å². The zero-order valence-electron chi connectivity index (χ0n) is 14.7. The summed E-state index contributed by atoms with van der Waals surface area (Å²) in [4.78, 5) is 17.2. The number of carbonyl (C=O) groups is 1. The molecule has 5 nitrogen and oxygen atoms in total. The first-order valence-corrected chi connectivity index (χ1v) is 9.26. The van der Waals surface area contributed by atoms with Crippen LogP contribution in [-0.2, 0) is 4.79 Å². The predicted octanol–water partition coefficient (Wildman–Crippen LogP) is 1.31. The number of hydrogen-bond donors (Lipinski definition) is 2. The lowest BCUT2D eigenvalue weighted by Gasteiger charge is -2.39. The van der Waals surface area contributed by atoms with Crippen LogP contribution in [0.15, 0.2) is 30.3 Å². The number of benzene rings is 1. The summed E-state index contributed by atoms with van der Waals surface area (Å²) in [6.07, 6.45) is 2.12. The smallest absolute Gasteiger partial charge is 0.224 e. The molecule has 1 aromatic carbocycles. The highest BCUT2D eigenvalue weighted by molar-refractivity contribution is 5.79. The molecule has 2 N–H and O–H groups in total. The van der Waals surface area contributed by atoms with Gasteiger partial charge in [0.25, 0.3) is 0 Å². The molecular formula is C19H30N4O. The summed E-state index contributed by atoms with van der Waals surface area (Å²) in [5, 5.41) is 6.47. The lowest BCUT2D eigenvalue weighted by molar-refractivity contribution is -0.125. The standard InChI is InChI=1S/C19H30N4O/c1-16(14-21-19(24)17-6-5-9-20-15-17)22-10-12-23(13-11-22)18-7-3-2-4-8-18/h2-4,7-8,16-17,20H,5-6,9-15H2,1H3,(H,21,24). The third kappa shape index (κ3) is 4.48. The van der Waals surface area contributed by atoms with E-state index >= 15 is 0 Å². The van der Waals surface area contributed by atoms with E-state index in [4.69, 9.17) is 0 Å². The van der Waals surface area contributed by atoms with Gasteiger partial charge in [0.2, 0.25) is 5.91 Å². The Balaban J connectivity index is 1.40. The summed E-state index contributed by atoms with van der Waals surface area (Å²) >= 11 is 0. The van der Waals surface area contributed by atoms with Gasteiger partial charge in [0.05, 0.1) is 5.92 Å². The first kappa shape index (κ1) is 17.2. The molecule has 24 heavy (non-hydrogen) atoms. The van der Waals surface area contributed by atoms with Crippen molar-refractivity contribution in [2.45, 2.75) is 25.8 Å². The first-order valence-electron chi connectivity index (χ1n) is 9.26. The normalized spacial score (nSPS) is 23.7. The van der Waals surface area contributed by atoms with Gasteiger partial charge in [0, 0.05) is 51.0 Å². The molecule has 1 amide bonds. The number of anilines is 1. The summed E-state index contributed by atoms with van der Waals surface area (Å²) in [6, 6.07) is 11.0. The number of piperidine rings is 1. The van der Waals surface area contributed by atoms with E-state index in [2.05, 4.69) is 57.7 Å². The van der Waals surface area contributed by atoms with Crippen molar-refractivity contribution in [2.24, 2.45) is 5.92 Å². The van der Waals surface area contributed by atoms with Crippen LogP contribution < -0.4 is 15.5 Å². The van der Waals surface area contributed by atoms with E-state index in [1.807, 2.05) is 0 Å². The van der Waals surface area contributed by atoms with Crippen LogP contribution in [0.3, 0.4) is 0 Å². The average molecular weight is 330 g/mol. The highest BCUT2D eigenvalue weighted by atomic mass is 16.1. The fourth-order valence-corrected chi connectivity index (χ4v) is 3.66. The summed E-state index contributed by atoms with van der Waals surface area (Å²) < 4.78 is 0. The Morgan fingerprint density at radius 1 is 1.25 bits per heavy atom. The first-order chi connectivity index (χ1) is 11.7. The Morgan fingerprint density at radius 2 is 2.00 bits per heavy atom. The zero-order chi connectivity index (χ0) is 16.8. The maximum absolute atomic E-state index is 12.2. The number of nitrogens with one attached hydrogen (secondary N) is 2. The van der Waals surface area contributed by atoms with Crippen molar-refractivity contribution in [2.75, 3.05) is 50.7 Å². The molecule has 2 aliphatic heterocycles. The van der Waals surface area contributed by atoms with Crippen LogP contribution in [-0.4, -0.2) is 62.7 Å². The number of amides is 1. The lowest BCUT2D eigenvalue weighted by Crippen LogP contribution is -2.53. The van der Waals surface area contributed by atoms with Crippen LogP contribution in [0.2, 0.25) is 0 Å². The molecule has 3 rings (SSSR count). The van der Waals surface area contributed by atoms with Gasteiger partial charge in [-0.25, -0.2) is 0 Å². The molecule has 5 heteroatoms. The molecule has 0 spiro atoms. The molecule has 0 saturated carbocycles. The Labute approximate surface area is 145 Å². The Bertz CT molecular complexity index is 507. The quantitative estimate of drug-likeness (QED) is 0.855. The molecule has 1 aromatic rings. The number of piperazine rings is 1. The topological polar surface area (TPSA) is 47.6 Å². The molecule has 0 radical (unpaired) electrons. The lowest BCUT2D eigenvalue weighted by atomic mass is 9.99. The Hall–Kier alpha value is -1.59. The van der Waals surface area contributed by atoms with E-state index in [1.54, 1.807) is 0 Å². The van der Waals surface area contributed by atoms with Gasteiger partial charge in [-0.05, 0) is 38.4 Å². The van der Waals surface area contributed by atoms with Crippen molar-refractivity contribution in [3.05, 3.63) is 30.3 Å². The molecule has 0 bridgehead atoms. The third-order valence-electron chi connectivity index (χ3n) is 5.30. The molecule has 2 heterocycles. The van der Waals surface area contributed by atoms with Crippen molar-refractivity contribution >= 4 is 11.6 Å². The van der Waals surface area contributed by atoms with Gasteiger partial charge in [-0.2, -0.15) is 0 Å². The molecule has 0 aromatic heterocycles. The fourth-order valence-electron chi connectivity index (χ4n) is 3.66. The van der Waals surface area contributed by atoms with Gasteiger partial charge in [-0.15, -0.1) is 0 Å². The molecular weight excluding hydrogens is 300 g/mol. The SMILES string of the molecule is CC(CNC(=O)C1CCCNC1)N1CCN(c2ccccc2)CC1. The number of rotatable bonds is 5. The molecule has 0 aliphatic carbocycles. The van der Waals surface area contributed by atoms with Crippen LogP contribution in [0.25, 0.3) is 0 Å². The van der Waals surface area contributed by atoms with Crippen LogP contribution >= 0.6 is 0 Å². The van der Waals surface area contributed by atoms with Crippen LogP contribution in [0.1, 0.15) is 19.8 Å². The Morgan fingerprint density at radius 3 is 2.67 bits per heavy atom. The van der Waals surface area contributed by atoms with Gasteiger partial charge in [-0.1, -0.05) is 18.2 Å². The summed E-state index contributed by atoms with van der Waals surface area (Å²) in [5.41, 5.74) is 1.31. The van der Waals surface area contributed by atoms with E-state index in [9.17, 15) is 4.79 Å². The van der Waals surface area contributed by atoms with Crippen molar-refractivity contribution in [1.29, 1.82) is 0 Å². The molecule has 2 unspecified atom stereocenters. The zero-order valence-corrected chi connectivity index (χ0v) is 14.7. The summed E-state index contributed by atoms with van der Waals surface area (Å²) in [6.45, 7) is 9.05. The second-order valence-electron chi connectivity index (χ2n) is 7.00. The second kappa shape index (κ2) is 8.49. The summed E-state index contributed by atoms with van der Waals surface area (Å²) in [7, 11) is 0. The minimum Gasteiger partial charge on any atom is -0.369 e. The van der Waals surface area contributed by atoms with Gasteiger partial charge in [-0.3, -0.25) is 9.69 Å². The van der Waals surface area contributed by atoms with E-state index in [0.29, 0.717) is 6.04 Å².